The standard InChI is InChI=1S/C13H14F2N2S/c1-8-12(18-13(17-8)4-5-16)7-9-6-10(14)2-3-11(9)15/h2-3,6H,4-5,7,16H2,1H3. The summed E-state index contributed by atoms with van der Waals surface area (Å²) < 4.78 is 26.6. The van der Waals surface area contributed by atoms with Crippen LogP contribution in [-0.4, -0.2) is 11.5 Å². The fraction of sp³-hybridized carbons (Fsp3) is 0.308. The van der Waals surface area contributed by atoms with Gasteiger partial charge in [-0.2, -0.15) is 0 Å². The fourth-order valence-electron chi connectivity index (χ4n) is 1.73. The van der Waals surface area contributed by atoms with Crippen molar-refractivity contribution in [3.8, 4) is 0 Å². The summed E-state index contributed by atoms with van der Waals surface area (Å²) in [7, 11) is 0. The van der Waals surface area contributed by atoms with Crippen LogP contribution in [0.25, 0.3) is 0 Å². The van der Waals surface area contributed by atoms with Crippen molar-refractivity contribution in [3.63, 3.8) is 0 Å². The second kappa shape index (κ2) is 5.54. The Morgan fingerprint density at radius 1 is 1.33 bits per heavy atom. The summed E-state index contributed by atoms with van der Waals surface area (Å²) in [5.41, 5.74) is 6.70. The molecule has 0 radical (unpaired) electrons. The predicted octanol–water partition coefficient (Wildman–Crippen LogP) is 2.82. The molecule has 2 aromatic rings. The molecule has 0 fully saturated rings. The lowest BCUT2D eigenvalue weighted by Crippen LogP contribution is -2.01. The van der Waals surface area contributed by atoms with Crippen molar-refractivity contribution in [2.24, 2.45) is 5.73 Å². The number of nitrogens with zero attached hydrogens (tertiary/aromatic N) is 1. The third-order valence-electron chi connectivity index (χ3n) is 2.65. The van der Waals surface area contributed by atoms with Crippen molar-refractivity contribution in [2.75, 3.05) is 6.54 Å². The molecule has 0 amide bonds. The summed E-state index contributed by atoms with van der Waals surface area (Å²) in [6.45, 7) is 2.42. The number of aromatic nitrogens is 1. The number of thiazole rings is 1. The van der Waals surface area contributed by atoms with Gasteiger partial charge in [0.05, 0.1) is 10.7 Å². The molecule has 2 rings (SSSR count). The van der Waals surface area contributed by atoms with Crippen molar-refractivity contribution in [1.82, 2.24) is 4.98 Å². The van der Waals surface area contributed by atoms with Gasteiger partial charge in [-0.3, -0.25) is 0 Å². The predicted molar refractivity (Wildman–Crippen MR) is 68.8 cm³/mol. The number of nitrogens with two attached hydrogens (primary N) is 1. The molecule has 0 unspecified atom stereocenters. The Balaban J connectivity index is 2.25. The topological polar surface area (TPSA) is 38.9 Å². The highest BCUT2D eigenvalue weighted by Crippen LogP contribution is 2.23. The average molecular weight is 268 g/mol. The monoisotopic (exact) mass is 268 g/mol. The molecule has 0 spiro atoms. The molecule has 0 aliphatic carbocycles. The van der Waals surface area contributed by atoms with Crippen LogP contribution >= 0.6 is 11.3 Å². The minimum Gasteiger partial charge on any atom is -0.330 e. The number of aryl methyl sites for hydroxylation is 1. The maximum atomic E-state index is 13.5. The van der Waals surface area contributed by atoms with Gasteiger partial charge in [0.2, 0.25) is 0 Å². The molecular weight excluding hydrogens is 254 g/mol. The van der Waals surface area contributed by atoms with E-state index in [1.807, 2.05) is 6.92 Å². The minimum absolute atomic E-state index is 0.362. The van der Waals surface area contributed by atoms with Gasteiger partial charge in [0.25, 0.3) is 0 Å². The SMILES string of the molecule is Cc1nc(CCN)sc1Cc1cc(F)ccc1F. The Morgan fingerprint density at radius 3 is 2.83 bits per heavy atom. The summed E-state index contributed by atoms with van der Waals surface area (Å²) in [4.78, 5) is 5.33. The van der Waals surface area contributed by atoms with Crippen LogP contribution in [0.4, 0.5) is 8.78 Å². The van der Waals surface area contributed by atoms with Crippen LogP contribution in [0.15, 0.2) is 18.2 Å². The molecule has 96 valence electrons. The number of hydrogen-bond donors (Lipinski definition) is 1. The van der Waals surface area contributed by atoms with Crippen LogP contribution in [0.5, 0.6) is 0 Å². The number of hydrogen-bond acceptors (Lipinski definition) is 3. The van der Waals surface area contributed by atoms with Gasteiger partial charge in [0.1, 0.15) is 11.6 Å². The van der Waals surface area contributed by atoms with Crippen LogP contribution in [0.2, 0.25) is 0 Å². The summed E-state index contributed by atoms with van der Waals surface area (Å²) in [5.74, 6) is -0.805. The Labute approximate surface area is 108 Å². The molecule has 2 N–H and O–H groups in total. The highest BCUT2D eigenvalue weighted by atomic mass is 32.1. The first-order valence-corrected chi connectivity index (χ1v) is 6.51. The van der Waals surface area contributed by atoms with Crippen LogP contribution in [0, 0.1) is 18.6 Å². The van der Waals surface area contributed by atoms with Gasteiger partial charge < -0.3 is 5.73 Å². The van der Waals surface area contributed by atoms with E-state index in [9.17, 15) is 8.78 Å². The van der Waals surface area contributed by atoms with Gasteiger partial charge >= 0.3 is 0 Å². The third kappa shape index (κ3) is 2.91. The quantitative estimate of drug-likeness (QED) is 0.926. The van der Waals surface area contributed by atoms with E-state index in [2.05, 4.69) is 4.98 Å². The molecule has 0 atom stereocenters. The molecule has 0 bridgehead atoms. The minimum atomic E-state index is -0.421. The lowest BCUT2D eigenvalue weighted by Gasteiger charge is -2.02. The van der Waals surface area contributed by atoms with E-state index < -0.39 is 5.82 Å². The highest BCUT2D eigenvalue weighted by molar-refractivity contribution is 7.11. The second-order valence-corrected chi connectivity index (χ2v) is 5.24. The van der Waals surface area contributed by atoms with E-state index in [1.165, 1.54) is 17.4 Å². The van der Waals surface area contributed by atoms with Gasteiger partial charge in [-0.15, -0.1) is 11.3 Å². The lowest BCUT2D eigenvalue weighted by atomic mass is 10.1. The van der Waals surface area contributed by atoms with Gasteiger partial charge in [-0.05, 0) is 37.2 Å². The zero-order chi connectivity index (χ0) is 13.1. The molecule has 1 aromatic heterocycles. The van der Waals surface area contributed by atoms with Crippen molar-refractivity contribution < 1.29 is 8.78 Å². The summed E-state index contributed by atoms with van der Waals surface area (Å²) in [6.07, 6.45) is 1.09. The van der Waals surface area contributed by atoms with Gasteiger partial charge in [0, 0.05) is 17.7 Å². The van der Waals surface area contributed by atoms with Crippen LogP contribution in [-0.2, 0) is 12.8 Å². The van der Waals surface area contributed by atoms with E-state index in [1.54, 1.807) is 0 Å². The van der Waals surface area contributed by atoms with Crippen molar-refractivity contribution >= 4 is 11.3 Å². The zero-order valence-corrected chi connectivity index (χ0v) is 10.9. The molecule has 1 aromatic carbocycles. The molecule has 1 heterocycles. The molecule has 0 aliphatic heterocycles. The third-order valence-corrected chi connectivity index (χ3v) is 3.87. The zero-order valence-electron chi connectivity index (χ0n) is 10.0. The normalized spacial score (nSPS) is 10.9. The molecule has 2 nitrogen and oxygen atoms in total. The molecular formula is C13H14F2N2S. The van der Waals surface area contributed by atoms with Crippen LogP contribution in [0.3, 0.4) is 0 Å². The number of benzene rings is 1. The largest absolute Gasteiger partial charge is 0.330 e. The highest BCUT2D eigenvalue weighted by Gasteiger charge is 2.11. The molecule has 5 heteroatoms. The number of halogens is 2. The summed E-state index contributed by atoms with van der Waals surface area (Å²) in [5, 5.41) is 0.946. The molecule has 0 saturated heterocycles. The van der Waals surface area contributed by atoms with Crippen molar-refractivity contribution in [3.05, 3.63) is 51.0 Å². The smallest absolute Gasteiger partial charge is 0.126 e. The first-order chi connectivity index (χ1) is 8.60. The number of rotatable bonds is 4. The fourth-order valence-corrected chi connectivity index (χ4v) is 2.84. The lowest BCUT2D eigenvalue weighted by molar-refractivity contribution is 0.589. The van der Waals surface area contributed by atoms with Gasteiger partial charge in [0.15, 0.2) is 0 Å². The average Bonchev–Trinajstić information content (AvgIpc) is 2.65. The van der Waals surface area contributed by atoms with E-state index in [0.717, 1.165) is 34.1 Å². The summed E-state index contributed by atoms with van der Waals surface area (Å²) >= 11 is 1.51. The Hall–Kier alpha value is -1.33. The van der Waals surface area contributed by atoms with Gasteiger partial charge in [-0.25, -0.2) is 13.8 Å². The summed E-state index contributed by atoms with van der Waals surface area (Å²) in [6, 6.07) is 3.51. The van der Waals surface area contributed by atoms with Crippen molar-refractivity contribution in [1.29, 1.82) is 0 Å². The maximum absolute atomic E-state index is 13.5. The van der Waals surface area contributed by atoms with E-state index in [-0.39, 0.29) is 5.82 Å². The van der Waals surface area contributed by atoms with E-state index >= 15 is 0 Å². The Bertz CT molecular complexity index is 552. The second-order valence-electron chi connectivity index (χ2n) is 4.07. The molecule has 0 aliphatic rings. The maximum Gasteiger partial charge on any atom is 0.126 e. The Kier molecular flexibility index (Phi) is 4.04. The molecule has 0 saturated carbocycles. The van der Waals surface area contributed by atoms with E-state index in [4.69, 9.17) is 5.73 Å². The Morgan fingerprint density at radius 2 is 2.11 bits per heavy atom. The van der Waals surface area contributed by atoms with Crippen molar-refractivity contribution in [2.45, 2.75) is 19.8 Å². The van der Waals surface area contributed by atoms with E-state index in [0.29, 0.717) is 18.5 Å². The molecule has 18 heavy (non-hydrogen) atoms. The van der Waals surface area contributed by atoms with Crippen LogP contribution in [0.1, 0.15) is 21.1 Å². The van der Waals surface area contributed by atoms with Gasteiger partial charge in [-0.1, -0.05) is 0 Å². The first-order valence-electron chi connectivity index (χ1n) is 5.69. The van der Waals surface area contributed by atoms with Crippen LogP contribution < -0.4 is 5.73 Å². The first kappa shape index (κ1) is 13.1.